The van der Waals surface area contributed by atoms with Crippen LogP contribution in [0.4, 0.5) is 4.79 Å². The molecule has 0 aromatic rings. The molecule has 4 nitrogen and oxygen atoms in total. The predicted octanol–water partition coefficient (Wildman–Crippen LogP) is 0.958. The zero-order valence-electron chi connectivity index (χ0n) is 4.72. The van der Waals surface area contributed by atoms with Gasteiger partial charge in [-0.05, 0) is 18.5 Å². The Kier molecular flexibility index (Phi) is 1.48. The smallest absolute Gasteiger partial charge is 0.358 e. The summed E-state index contributed by atoms with van der Waals surface area (Å²) < 4.78 is 0. The van der Waals surface area contributed by atoms with Crippen LogP contribution in [0.3, 0.4) is 0 Å². The molecule has 1 rings (SSSR count). The van der Waals surface area contributed by atoms with Gasteiger partial charge in [0.05, 0.1) is 6.20 Å². The maximum Gasteiger partial charge on any atom is 0.369 e. The number of nitrogens with one attached hydrogen (secondary N) is 1. The monoisotopic (exact) mass is 148 g/mol. The van der Waals surface area contributed by atoms with Gasteiger partial charge in [-0.15, -0.1) is 0 Å². The molecule has 0 bridgehead atoms. The molecule has 0 atom stereocenters. The SMILES string of the molecule is CC1=CNN(C(=O)Cl)O1. The van der Waals surface area contributed by atoms with Crippen molar-refractivity contribution in [1.29, 1.82) is 0 Å². The maximum atomic E-state index is 10.3. The van der Waals surface area contributed by atoms with Crippen LogP contribution >= 0.6 is 11.6 Å². The quantitative estimate of drug-likeness (QED) is 0.411. The van der Waals surface area contributed by atoms with Gasteiger partial charge in [-0.3, -0.25) is 10.2 Å². The first-order valence-electron chi connectivity index (χ1n) is 2.30. The van der Waals surface area contributed by atoms with Gasteiger partial charge in [-0.25, -0.2) is 0 Å². The number of carbonyl (C=O) groups excluding carboxylic acids is 1. The number of allylic oxidation sites excluding steroid dienone is 1. The average molecular weight is 149 g/mol. The van der Waals surface area contributed by atoms with Gasteiger partial charge in [0.25, 0.3) is 0 Å². The minimum Gasteiger partial charge on any atom is -0.358 e. The molecule has 1 aliphatic rings. The normalized spacial score (nSPS) is 16.2. The fourth-order valence-corrected chi connectivity index (χ4v) is 0.516. The topological polar surface area (TPSA) is 41.6 Å². The van der Waals surface area contributed by atoms with E-state index in [0.29, 0.717) is 5.76 Å². The van der Waals surface area contributed by atoms with E-state index in [4.69, 9.17) is 16.4 Å². The summed E-state index contributed by atoms with van der Waals surface area (Å²) in [4.78, 5) is 15.0. The van der Waals surface area contributed by atoms with Gasteiger partial charge in [0.15, 0.2) is 0 Å². The molecule has 0 saturated carbocycles. The van der Waals surface area contributed by atoms with E-state index in [1.807, 2.05) is 0 Å². The van der Waals surface area contributed by atoms with Crippen molar-refractivity contribution in [3.8, 4) is 0 Å². The first-order chi connectivity index (χ1) is 4.20. The van der Waals surface area contributed by atoms with Gasteiger partial charge >= 0.3 is 5.37 Å². The number of hydrazine groups is 1. The summed E-state index contributed by atoms with van der Waals surface area (Å²) in [7, 11) is 0. The summed E-state index contributed by atoms with van der Waals surface area (Å²) >= 11 is 5.02. The first kappa shape index (κ1) is 6.22. The number of hydroxylamine groups is 1. The second-order valence-electron chi connectivity index (χ2n) is 1.52. The molecule has 0 aromatic carbocycles. The minimum atomic E-state index is -0.692. The van der Waals surface area contributed by atoms with Gasteiger partial charge < -0.3 is 4.84 Å². The maximum absolute atomic E-state index is 10.3. The number of hydrogen-bond donors (Lipinski definition) is 1. The fourth-order valence-electron chi connectivity index (χ4n) is 0.433. The van der Waals surface area contributed by atoms with E-state index in [-0.39, 0.29) is 0 Å². The van der Waals surface area contributed by atoms with Gasteiger partial charge in [-0.2, -0.15) is 0 Å². The van der Waals surface area contributed by atoms with E-state index in [9.17, 15) is 4.79 Å². The van der Waals surface area contributed by atoms with Gasteiger partial charge in [0, 0.05) is 0 Å². The number of nitrogens with zero attached hydrogens (tertiary/aromatic N) is 1. The van der Waals surface area contributed by atoms with Crippen molar-refractivity contribution >= 4 is 17.0 Å². The van der Waals surface area contributed by atoms with Crippen LogP contribution in [0.15, 0.2) is 12.0 Å². The van der Waals surface area contributed by atoms with Crippen molar-refractivity contribution in [2.45, 2.75) is 6.92 Å². The molecular weight excluding hydrogens is 144 g/mol. The summed E-state index contributed by atoms with van der Waals surface area (Å²) in [6, 6.07) is 0. The summed E-state index contributed by atoms with van der Waals surface area (Å²) in [5.74, 6) is 0.601. The van der Waals surface area contributed by atoms with Crippen LogP contribution in [0.5, 0.6) is 0 Å². The van der Waals surface area contributed by atoms with Crippen molar-refractivity contribution in [3.05, 3.63) is 12.0 Å². The lowest BCUT2D eigenvalue weighted by Crippen LogP contribution is -2.30. The molecule has 5 heteroatoms. The molecule has 0 aromatic heterocycles. The Hall–Kier alpha value is -0.900. The van der Waals surface area contributed by atoms with Gasteiger partial charge in [0.1, 0.15) is 5.76 Å². The second-order valence-corrected chi connectivity index (χ2v) is 1.85. The summed E-state index contributed by atoms with van der Waals surface area (Å²) in [6.07, 6.45) is 1.53. The Bertz CT molecular complexity index is 168. The second kappa shape index (κ2) is 2.14. The standard InChI is InChI=1S/C4H5ClN2O2/c1-3-2-6-7(9-3)4(5)8/h2,6H,1H3. The number of amides is 1. The summed E-state index contributed by atoms with van der Waals surface area (Å²) in [6.45, 7) is 1.70. The van der Waals surface area contributed by atoms with Crippen molar-refractivity contribution in [3.63, 3.8) is 0 Å². The molecule has 1 N–H and O–H groups in total. The summed E-state index contributed by atoms with van der Waals surface area (Å²) in [5.41, 5.74) is 2.47. The molecule has 9 heavy (non-hydrogen) atoms. The first-order valence-corrected chi connectivity index (χ1v) is 2.68. The highest BCUT2D eigenvalue weighted by atomic mass is 35.5. The van der Waals surface area contributed by atoms with Crippen LogP contribution in [-0.4, -0.2) is 10.5 Å². The third-order valence-electron chi connectivity index (χ3n) is 0.780. The number of rotatable bonds is 0. The lowest BCUT2D eigenvalue weighted by molar-refractivity contribution is -0.0686. The predicted molar refractivity (Wildman–Crippen MR) is 31.1 cm³/mol. The fraction of sp³-hybridized carbons (Fsp3) is 0.250. The molecule has 1 heterocycles. The molecule has 1 amide bonds. The molecule has 1 aliphatic heterocycles. The molecule has 0 radical (unpaired) electrons. The number of halogens is 1. The number of carbonyl (C=O) groups is 1. The molecule has 0 unspecified atom stereocenters. The average Bonchev–Trinajstić information content (AvgIpc) is 2.14. The Morgan fingerprint density at radius 3 is 2.89 bits per heavy atom. The Morgan fingerprint density at radius 1 is 2.00 bits per heavy atom. The van der Waals surface area contributed by atoms with Crippen LogP contribution in [0.25, 0.3) is 0 Å². The summed E-state index contributed by atoms with van der Waals surface area (Å²) in [5, 5.41) is 0.139. The third-order valence-corrected chi connectivity index (χ3v) is 0.934. The Morgan fingerprint density at radius 2 is 2.67 bits per heavy atom. The lowest BCUT2D eigenvalue weighted by atomic mass is 10.6. The van der Waals surface area contributed by atoms with E-state index in [2.05, 4.69) is 5.43 Å². The zero-order valence-corrected chi connectivity index (χ0v) is 5.47. The third kappa shape index (κ3) is 1.26. The molecule has 0 fully saturated rings. The minimum absolute atomic E-state index is 0.601. The van der Waals surface area contributed by atoms with Gasteiger partial charge in [0.2, 0.25) is 0 Å². The Labute approximate surface area is 57.0 Å². The molecule has 50 valence electrons. The lowest BCUT2D eigenvalue weighted by Gasteiger charge is -2.09. The van der Waals surface area contributed by atoms with Gasteiger partial charge in [-0.1, -0.05) is 5.17 Å². The zero-order chi connectivity index (χ0) is 6.85. The molecule has 0 aliphatic carbocycles. The van der Waals surface area contributed by atoms with Crippen LogP contribution < -0.4 is 5.43 Å². The van der Waals surface area contributed by atoms with E-state index in [0.717, 1.165) is 5.17 Å². The van der Waals surface area contributed by atoms with Crippen LogP contribution in [0.2, 0.25) is 0 Å². The van der Waals surface area contributed by atoms with Crippen LogP contribution in [0, 0.1) is 0 Å². The van der Waals surface area contributed by atoms with E-state index in [1.165, 1.54) is 6.20 Å². The highest BCUT2D eigenvalue weighted by Gasteiger charge is 2.15. The van der Waals surface area contributed by atoms with E-state index < -0.39 is 5.37 Å². The van der Waals surface area contributed by atoms with Crippen LogP contribution in [0.1, 0.15) is 6.92 Å². The van der Waals surface area contributed by atoms with Crippen molar-refractivity contribution in [2.24, 2.45) is 0 Å². The molecule has 0 saturated heterocycles. The highest BCUT2D eigenvalue weighted by Crippen LogP contribution is 2.06. The highest BCUT2D eigenvalue weighted by molar-refractivity contribution is 6.62. The largest absolute Gasteiger partial charge is 0.369 e. The van der Waals surface area contributed by atoms with Crippen molar-refractivity contribution in [1.82, 2.24) is 10.6 Å². The molecular formula is C4H5ClN2O2. The van der Waals surface area contributed by atoms with E-state index in [1.54, 1.807) is 6.92 Å². The Balaban J connectivity index is 2.47. The molecule has 0 spiro atoms. The van der Waals surface area contributed by atoms with Crippen molar-refractivity contribution in [2.75, 3.05) is 0 Å². The number of hydrogen-bond acceptors (Lipinski definition) is 3. The van der Waals surface area contributed by atoms with E-state index >= 15 is 0 Å². The van der Waals surface area contributed by atoms with Crippen LogP contribution in [-0.2, 0) is 4.84 Å². The van der Waals surface area contributed by atoms with Crippen molar-refractivity contribution < 1.29 is 9.63 Å².